The zero-order valence-electron chi connectivity index (χ0n) is 14.7. The normalized spacial score (nSPS) is 34.2. The number of nitrogens with one attached hydrogen (secondary N) is 1. The third-order valence-corrected chi connectivity index (χ3v) is 5.27. The molecular formula is C19H30FN3O. The molecule has 3 rings (SSSR count). The molecule has 2 fully saturated rings. The van der Waals surface area contributed by atoms with Crippen molar-refractivity contribution in [2.75, 3.05) is 23.3 Å². The Hall–Kier alpha value is -1.33. The van der Waals surface area contributed by atoms with Gasteiger partial charge in [0.1, 0.15) is 6.10 Å². The van der Waals surface area contributed by atoms with E-state index in [0.717, 1.165) is 30.8 Å². The van der Waals surface area contributed by atoms with Gasteiger partial charge in [0.2, 0.25) is 0 Å². The molecule has 1 saturated carbocycles. The third kappa shape index (κ3) is 4.19. The number of benzene rings is 1. The number of nitrogens with two attached hydrogens (primary N) is 1. The van der Waals surface area contributed by atoms with E-state index in [0.29, 0.717) is 18.5 Å². The summed E-state index contributed by atoms with van der Waals surface area (Å²) in [7, 11) is 0. The molecule has 24 heavy (non-hydrogen) atoms. The molecule has 1 aliphatic heterocycles. The van der Waals surface area contributed by atoms with Gasteiger partial charge in [-0.05, 0) is 69.7 Å². The summed E-state index contributed by atoms with van der Waals surface area (Å²) in [6, 6.07) is 8.47. The van der Waals surface area contributed by atoms with E-state index in [9.17, 15) is 4.39 Å². The first-order chi connectivity index (χ1) is 11.5. The highest BCUT2D eigenvalue weighted by Crippen LogP contribution is 2.28. The van der Waals surface area contributed by atoms with Crippen LogP contribution in [-0.4, -0.2) is 37.6 Å². The van der Waals surface area contributed by atoms with Crippen molar-refractivity contribution in [1.82, 2.24) is 0 Å². The van der Waals surface area contributed by atoms with Crippen molar-refractivity contribution in [1.29, 1.82) is 0 Å². The zero-order valence-corrected chi connectivity index (χ0v) is 14.7. The summed E-state index contributed by atoms with van der Waals surface area (Å²) in [5.74, 6) is 0.709. The van der Waals surface area contributed by atoms with Crippen molar-refractivity contribution in [3.05, 3.63) is 24.3 Å². The SMILES string of the molecule is CC1CN(c2ccc(NCC3CCC(N)CC3)cc2)C(F)C(C)O1. The number of anilines is 2. The summed E-state index contributed by atoms with van der Waals surface area (Å²) < 4.78 is 19.9. The van der Waals surface area contributed by atoms with Crippen LogP contribution in [0.1, 0.15) is 39.5 Å². The highest BCUT2D eigenvalue weighted by molar-refractivity contribution is 5.55. The first-order valence-electron chi connectivity index (χ1n) is 9.18. The van der Waals surface area contributed by atoms with Gasteiger partial charge in [0, 0.05) is 30.5 Å². The number of hydrogen-bond acceptors (Lipinski definition) is 4. The van der Waals surface area contributed by atoms with Gasteiger partial charge in [0.05, 0.1) is 6.10 Å². The maximum atomic E-state index is 14.4. The van der Waals surface area contributed by atoms with Crippen molar-refractivity contribution in [3.8, 4) is 0 Å². The van der Waals surface area contributed by atoms with E-state index in [4.69, 9.17) is 10.5 Å². The Morgan fingerprint density at radius 3 is 2.50 bits per heavy atom. The van der Waals surface area contributed by atoms with Crippen molar-refractivity contribution < 1.29 is 9.13 Å². The van der Waals surface area contributed by atoms with E-state index in [-0.39, 0.29) is 6.10 Å². The summed E-state index contributed by atoms with van der Waals surface area (Å²) in [6.07, 6.45) is 3.24. The molecule has 0 bridgehead atoms. The lowest BCUT2D eigenvalue weighted by Crippen LogP contribution is -2.51. The van der Waals surface area contributed by atoms with Gasteiger partial charge in [-0.3, -0.25) is 0 Å². The van der Waals surface area contributed by atoms with Crippen LogP contribution in [0.5, 0.6) is 0 Å². The Bertz CT molecular complexity index is 516. The predicted octanol–water partition coefficient (Wildman–Crippen LogP) is 3.53. The number of halogens is 1. The van der Waals surface area contributed by atoms with Gasteiger partial charge in [-0.1, -0.05) is 0 Å². The summed E-state index contributed by atoms with van der Waals surface area (Å²) in [5, 5.41) is 3.51. The van der Waals surface area contributed by atoms with Crippen LogP contribution in [0.2, 0.25) is 0 Å². The summed E-state index contributed by atoms with van der Waals surface area (Å²) >= 11 is 0. The smallest absolute Gasteiger partial charge is 0.198 e. The summed E-state index contributed by atoms with van der Waals surface area (Å²) in [5.41, 5.74) is 7.97. The van der Waals surface area contributed by atoms with Gasteiger partial charge < -0.3 is 20.7 Å². The molecule has 1 saturated heterocycles. The molecule has 5 heteroatoms. The molecule has 1 aliphatic carbocycles. The van der Waals surface area contributed by atoms with E-state index in [1.807, 2.05) is 31.2 Å². The molecular weight excluding hydrogens is 305 g/mol. The number of rotatable bonds is 4. The molecule has 3 unspecified atom stereocenters. The van der Waals surface area contributed by atoms with E-state index in [1.54, 1.807) is 11.8 Å². The van der Waals surface area contributed by atoms with E-state index in [1.165, 1.54) is 12.8 Å². The highest BCUT2D eigenvalue weighted by Gasteiger charge is 2.32. The Morgan fingerprint density at radius 2 is 1.83 bits per heavy atom. The Morgan fingerprint density at radius 1 is 1.17 bits per heavy atom. The van der Waals surface area contributed by atoms with E-state index < -0.39 is 12.4 Å². The largest absolute Gasteiger partial charge is 0.385 e. The predicted molar refractivity (Wildman–Crippen MR) is 97.1 cm³/mol. The second-order valence-electron chi connectivity index (χ2n) is 7.39. The lowest BCUT2D eigenvalue weighted by atomic mass is 9.86. The van der Waals surface area contributed by atoms with Gasteiger partial charge in [0.15, 0.2) is 6.30 Å². The average Bonchev–Trinajstić information content (AvgIpc) is 2.58. The molecule has 2 aliphatic rings. The Balaban J connectivity index is 1.55. The maximum absolute atomic E-state index is 14.4. The first-order valence-corrected chi connectivity index (χ1v) is 9.18. The summed E-state index contributed by atoms with van der Waals surface area (Å²) in [6.45, 7) is 5.35. The molecule has 3 atom stereocenters. The topological polar surface area (TPSA) is 50.5 Å². The lowest BCUT2D eigenvalue weighted by Gasteiger charge is -2.39. The van der Waals surface area contributed by atoms with Crippen LogP contribution < -0.4 is 16.0 Å². The fourth-order valence-corrected chi connectivity index (χ4v) is 3.78. The fourth-order valence-electron chi connectivity index (χ4n) is 3.78. The van der Waals surface area contributed by atoms with Gasteiger partial charge in [-0.15, -0.1) is 0 Å². The molecule has 3 N–H and O–H groups in total. The standard InChI is InChI=1S/C19H30FN3O/c1-13-12-23(19(20)14(2)24-13)18-9-7-17(8-10-18)22-11-15-3-5-16(21)6-4-15/h7-10,13-16,19,22H,3-6,11-12,21H2,1-2H3. The number of morpholine rings is 1. The molecule has 4 nitrogen and oxygen atoms in total. The van der Waals surface area contributed by atoms with Crippen LogP contribution in [0.4, 0.5) is 15.8 Å². The average molecular weight is 335 g/mol. The number of alkyl halides is 1. The fraction of sp³-hybridized carbons (Fsp3) is 0.684. The molecule has 0 radical (unpaired) electrons. The number of nitrogens with zero attached hydrogens (tertiary/aromatic N) is 1. The van der Waals surface area contributed by atoms with Gasteiger partial charge in [0.25, 0.3) is 0 Å². The molecule has 0 amide bonds. The molecule has 134 valence electrons. The van der Waals surface area contributed by atoms with Gasteiger partial charge in [-0.2, -0.15) is 0 Å². The number of ether oxygens (including phenoxy) is 1. The Kier molecular flexibility index (Phi) is 5.61. The van der Waals surface area contributed by atoms with E-state index >= 15 is 0 Å². The van der Waals surface area contributed by atoms with Crippen molar-refractivity contribution in [2.45, 2.75) is 64.1 Å². The quantitative estimate of drug-likeness (QED) is 0.827. The number of hydrogen-bond donors (Lipinski definition) is 2. The highest BCUT2D eigenvalue weighted by atomic mass is 19.1. The third-order valence-electron chi connectivity index (χ3n) is 5.27. The molecule has 1 heterocycles. The van der Waals surface area contributed by atoms with E-state index in [2.05, 4.69) is 5.32 Å². The summed E-state index contributed by atoms with van der Waals surface area (Å²) in [4.78, 5) is 1.80. The molecule has 0 aromatic heterocycles. The molecule has 1 aromatic carbocycles. The second-order valence-corrected chi connectivity index (χ2v) is 7.39. The molecule has 1 aromatic rings. The van der Waals surface area contributed by atoms with Crippen molar-refractivity contribution in [2.24, 2.45) is 11.7 Å². The van der Waals surface area contributed by atoms with Crippen LogP contribution in [0, 0.1) is 5.92 Å². The Labute approximate surface area is 144 Å². The minimum Gasteiger partial charge on any atom is -0.385 e. The van der Waals surface area contributed by atoms with Gasteiger partial charge in [-0.25, -0.2) is 4.39 Å². The van der Waals surface area contributed by atoms with Crippen LogP contribution in [0.25, 0.3) is 0 Å². The van der Waals surface area contributed by atoms with Crippen LogP contribution >= 0.6 is 0 Å². The van der Waals surface area contributed by atoms with Crippen molar-refractivity contribution >= 4 is 11.4 Å². The first kappa shape index (κ1) is 17.5. The maximum Gasteiger partial charge on any atom is 0.198 e. The van der Waals surface area contributed by atoms with Crippen LogP contribution in [-0.2, 0) is 4.74 Å². The minimum absolute atomic E-state index is 0.0440. The van der Waals surface area contributed by atoms with Crippen LogP contribution in [0.3, 0.4) is 0 Å². The zero-order chi connectivity index (χ0) is 17.1. The van der Waals surface area contributed by atoms with Crippen LogP contribution in [0.15, 0.2) is 24.3 Å². The second kappa shape index (κ2) is 7.70. The van der Waals surface area contributed by atoms with Gasteiger partial charge >= 0.3 is 0 Å². The molecule has 0 spiro atoms. The monoisotopic (exact) mass is 335 g/mol. The lowest BCUT2D eigenvalue weighted by molar-refractivity contribution is -0.0614. The minimum atomic E-state index is -1.09. The van der Waals surface area contributed by atoms with Crippen molar-refractivity contribution in [3.63, 3.8) is 0 Å².